The maximum Gasteiger partial charge on any atom is 0.349 e. The first-order chi connectivity index (χ1) is 11.0. The van der Waals surface area contributed by atoms with E-state index in [0.29, 0.717) is 22.0 Å². The normalized spacial score (nSPS) is 11.4. The van der Waals surface area contributed by atoms with Gasteiger partial charge in [-0.2, -0.15) is 5.10 Å². The molecule has 7 heteroatoms. The lowest BCUT2D eigenvalue weighted by molar-refractivity contribution is 0.470. The second kappa shape index (κ2) is 5.85. The van der Waals surface area contributed by atoms with Gasteiger partial charge in [-0.25, -0.2) is 4.79 Å². The molecule has 1 aromatic heterocycles. The molecule has 0 unspecified atom stereocenters. The molecule has 6 nitrogen and oxygen atoms in total. The van der Waals surface area contributed by atoms with Crippen LogP contribution in [0.25, 0.3) is 10.9 Å². The van der Waals surface area contributed by atoms with E-state index < -0.39 is 11.2 Å². The number of H-pyrrole nitrogens is 1. The van der Waals surface area contributed by atoms with E-state index in [4.69, 9.17) is 0 Å². The number of hydrogen-bond donors (Lipinski definition) is 2. The fourth-order valence-corrected chi connectivity index (χ4v) is 2.83. The molecular weight excluding hydrogens is 362 g/mol. The minimum atomic E-state index is -0.642. The van der Waals surface area contributed by atoms with Gasteiger partial charge in [-0.05, 0) is 36.8 Å². The second-order valence-electron chi connectivity index (χ2n) is 5.00. The monoisotopic (exact) mass is 373 g/mol. The number of nitrogens with zero attached hydrogens (tertiary/aromatic N) is 2. The van der Waals surface area contributed by atoms with Crippen LogP contribution in [-0.4, -0.2) is 21.0 Å². The quantitative estimate of drug-likeness (QED) is 0.675. The van der Waals surface area contributed by atoms with E-state index in [-0.39, 0.29) is 5.75 Å². The SMILES string of the molecule is Cc1cc(Br)cc(/C=N/n2c(=O)[nH]c3ccccc3c2=O)c1O. The van der Waals surface area contributed by atoms with Gasteiger partial charge < -0.3 is 10.1 Å². The average molecular weight is 374 g/mol. The lowest BCUT2D eigenvalue weighted by Crippen LogP contribution is -2.32. The summed E-state index contributed by atoms with van der Waals surface area (Å²) in [6, 6.07) is 10.1. The van der Waals surface area contributed by atoms with Crippen molar-refractivity contribution in [2.75, 3.05) is 0 Å². The Kier molecular flexibility index (Phi) is 3.87. The van der Waals surface area contributed by atoms with Crippen molar-refractivity contribution in [3.05, 3.63) is 72.8 Å². The minimum Gasteiger partial charge on any atom is -0.507 e. The molecular formula is C16H12BrN3O3. The van der Waals surface area contributed by atoms with Crippen LogP contribution in [-0.2, 0) is 0 Å². The highest BCUT2D eigenvalue weighted by Crippen LogP contribution is 2.25. The maximum atomic E-state index is 12.3. The summed E-state index contributed by atoms with van der Waals surface area (Å²) < 4.78 is 1.49. The molecule has 0 aliphatic heterocycles. The Morgan fingerprint density at radius 3 is 2.78 bits per heavy atom. The van der Waals surface area contributed by atoms with Gasteiger partial charge in [0.25, 0.3) is 5.56 Å². The standard InChI is InChI=1S/C16H12BrN3O3/c1-9-6-11(17)7-10(14(9)21)8-18-20-15(22)12-4-2-3-5-13(12)19-16(20)23/h2-8,21H,1H3,(H,19,23)/b18-8+. The van der Waals surface area contributed by atoms with Gasteiger partial charge in [0.15, 0.2) is 0 Å². The summed E-state index contributed by atoms with van der Waals surface area (Å²) in [7, 11) is 0. The van der Waals surface area contributed by atoms with Crippen molar-refractivity contribution in [2.24, 2.45) is 5.10 Å². The zero-order valence-electron chi connectivity index (χ0n) is 12.1. The van der Waals surface area contributed by atoms with Crippen LogP contribution in [0.1, 0.15) is 11.1 Å². The van der Waals surface area contributed by atoms with Crippen LogP contribution in [0.15, 0.2) is 55.6 Å². The predicted molar refractivity (Wildman–Crippen MR) is 92.4 cm³/mol. The summed E-state index contributed by atoms with van der Waals surface area (Å²) in [5, 5.41) is 14.3. The summed E-state index contributed by atoms with van der Waals surface area (Å²) in [6.07, 6.45) is 1.28. The Morgan fingerprint density at radius 1 is 1.26 bits per heavy atom. The predicted octanol–water partition coefficient (Wildman–Crippen LogP) is 2.35. The molecule has 116 valence electrons. The van der Waals surface area contributed by atoms with Crippen LogP contribution in [0.5, 0.6) is 5.75 Å². The molecule has 0 radical (unpaired) electrons. The van der Waals surface area contributed by atoms with Crippen LogP contribution in [0, 0.1) is 6.92 Å². The Bertz CT molecular complexity index is 1050. The number of aromatic amines is 1. The molecule has 0 atom stereocenters. The third-order valence-electron chi connectivity index (χ3n) is 3.39. The molecule has 0 bridgehead atoms. The minimum absolute atomic E-state index is 0.0437. The van der Waals surface area contributed by atoms with E-state index in [9.17, 15) is 14.7 Å². The fraction of sp³-hybridized carbons (Fsp3) is 0.0625. The summed E-state index contributed by atoms with van der Waals surface area (Å²) >= 11 is 3.33. The molecule has 3 aromatic rings. The number of phenolic OH excluding ortho intramolecular Hbond substituents is 1. The van der Waals surface area contributed by atoms with Gasteiger partial charge in [-0.15, -0.1) is 4.68 Å². The van der Waals surface area contributed by atoms with Crippen LogP contribution >= 0.6 is 15.9 Å². The van der Waals surface area contributed by atoms with Gasteiger partial charge in [0, 0.05) is 10.0 Å². The highest BCUT2D eigenvalue weighted by Gasteiger charge is 2.07. The van der Waals surface area contributed by atoms with Gasteiger partial charge in [-0.1, -0.05) is 28.1 Å². The van der Waals surface area contributed by atoms with Gasteiger partial charge in [0.2, 0.25) is 0 Å². The van der Waals surface area contributed by atoms with Gasteiger partial charge in [-0.3, -0.25) is 4.79 Å². The molecule has 3 rings (SSSR count). The number of halogens is 1. The number of aromatic nitrogens is 2. The van der Waals surface area contributed by atoms with E-state index in [1.807, 2.05) is 0 Å². The molecule has 0 saturated heterocycles. The second-order valence-corrected chi connectivity index (χ2v) is 5.91. The Hall–Kier alpha value is -2.67. The van der Waals surface area contributed by atoms with Crippen LogP contribution in [0.4, 0.5) is 0 Å². The van der Waals surface area contributed by atoms with Crippen molar-refractivity contribution in [1.29, 1.82) is 0 Å². The molecule has 2 aromatic carbocycles. The lowest BCUT2D eigenvalue weighted by atomic mass is 10.1. The summed E-state index contributed by atoms with van der Waals surface area (Å²) in [5.41, 5.74) is 0.343. The molecule has 0 aliphatic rings. The highest BCUT2D eigenvalue weighted by molar-refractivity contribution is 9.10. The average Bonchev–Trinajstić information content (AvgIpc) is 2.51. The number of nitrogens with one attached hydrogen (secondary N) is 1. The van der Waals surface area contributed by atoms with Crippen molar-refractivity contribution < 1.29 is 5.11 Å². The van der Waals surface area contributed by atoms with Crippen molar-refractivity contribution in [3.63, 3.8) is 0 Å². The van der Waals surface area contributed by atoms with Crippen LogP contribution in [0.2, 0.25) is 0 Å². The summed E-state index contributed by atoms with van der Waals surface area (Å²) in [6.45, 7) is 1.74. The molecule has 0 amide bonds. The topological polar surface area (TPSA) is 87.5 Å². The molecule has 0 aliphatic carbocycles. The number of benzene rings is 2. The largest absolute Gasteiger partial charge is 0.507 e. The number of rotatable bonds is 2. The Labute approximate surface area is 138 Å². The van der Waals surface area contributed by atoms with Gasteiger partial charge in [0.05, 0.1) is 17.1 Å². The van der Waals surface area contributed by atoms with Gasteiger partial charge >= 0.3 is 5.69 Å². The van der Waals surface area contributed by atoms with Crippen molar-refractivity contribution in [1.82, 2.24) is 9.66 Å². The number of fused-ring (bicyclic) bond motifs is 1. The van der Waals surface area contributed by atoms with E-state index >= 15 is 0 Å². The van der Waals surface area contributed by atoms with Crippen molar-refractivity contribution in [3.8, 4) is 5.75 Å². The van der Waals surface area contributed by atoms with Crippen molar-refractivity contribution in [2.45, 2.75) is 6.92 Å². The van der Waals surface area contributed by atoms with Crippen molar-refractivity contribution >= 4 is 33.0 Å². The molecule has 23 heavy (non-hydrogen) atoms. The number of phenols is 1. The van der Waals surface area contributed by atoms with E-state index in [1.165, 1.54) is 6.21 Å². The first kappa shape index (κ1) is 15.2. The number of aromatic hydroxyl groups is 1. The zero-order valence-corrected chi connectivity index (χ0v) is 13.7. The molecule has 2 N–H and O–H groups in total. The number of para-hydroxylation sites is 1. The smallest absolute Gasteiger partial charge is 0.349 e. The summed E-state index contributed by atoms with van der Waals surface area (Å²) in [4.78, 5) is 27.0. The van der Waals surface area contributed by atoms with Gasteiger partial charge in [0.1, 0.15) is 5.75 Å². The highest BCUT2D eigenvalue weighted by atomic mass is 79.9. The number of hydrogen-bond acceptors (Lipinski definition) is 4. The first-order valence-electron chi connectivity index (χ1n) is 6.75. The molecule has 0 fully saturated rings. The molecule has 0 spiro atoms. The Morgan fingerprint density at radius 2 is 2.00 bits per heavy atom. The molecule has 1 heterocycles. The van der Waals surface area contributed by atoms with E-state index in [1.54, 1.807) is 43.3 Å². The fourth-order valence-electron chi connectivity index (χ4n) is 2.24. The molecule has 0 saturated carbocycles. The van der Waals surface area contributed by atoms with E-state index in [0.717, 1.165) is 9.15 Å². The number of aryl methyl sites for hydroxylation is 1. The summed E-state index contributed by atoms with van der Waals surface area (Å²) in [5.74, 6) is 0.0437. The Balaban J connectivity index is 2.16. The van der Waals surface area contributed by atoms with Crippen LogP contribution < -0.4 is 11.2 Å². The van der Waals surface area contributed by atoms with Crippen LogP contribution in [0.3, 0.4) is 0 Å². The third-order valence-corrected chi connectivity index (χ3v) is 3.85. The maximum absolute atomic E-state index is 12.3. The van der Waals surface area contributed by atoms with E-state index in [2.05, 4.69) is 26.0 Å². The third kappa shape index (κ3) is 2.83. The lowest BCUT2D eigenvalue weighted by Gasteiger charge is -2.04. The zero-order chi connectivity index (χ0) is 16.6. The first-order valence-corrected chi connectivity index (χ1v) is 7.54.